The maximum atomic E-state index is 12.3. The van der Waals surface area contributed by atoms with Crippen molar-refractivity contribution in [2.75, 3.05) is 31.6 Å². The molecule has 144 valence electrons. The molecule has 1 atom stereocenters. The zero-order chi connectivity index (χ0) is 19.2. The smallest absolute Gasteiger partial charge is 0.319 e. The highest BCUT2D eigenvalue weighted by Crippen LogP contribution is 2.25. The molecule has 5 nitrogen and oxygen atoms in total. The van der Waals surface area contributed by atoms with Gasteiger partial charge in [0.25, 0.3) is 0 Å². The standard InChI is InChI=1S/C21H26BrN3O2/c1-15-10-18(22)11-16(2)20(15)24-21(26)23-12-19-14-25(8-9-27-19)13-17-6-4-3-5-7-17/h3-7,10-11,19H,8-9,12-14H2,1-2H3,(H2,23,24,26). The Labute approximate surface area is 169 Å². The van der Waals surface area contributed by atoms with Gasteiger partial charge in [-0.05, 0) is 42.7 Å². The van der Waals surface area contributed by atoms with E-state index in [0.29, 0.717) is 13.2 Å². The summed E-state index contributed by atoms with van der Waals surface area (Å²) < 4.78 is 6.83. The van der Waals surface area contributed by atoms with Crippen LogP contribution in [0.1, 0.15) is 16.7 Å². The van der Waals surface area contributed by atoms with Gasteiger partial charge in [0, 0.05) is 36.3 Å². The lowest BCUT2D eigenvalue weighted by atomic mass is 10.1. The van der Waals surface area contributed by atoms with Crippen molar-refractivity contribution >= 4 is 27.6 Å². The fourth-order valence-corrected chi connectivity index (χ4v) is 4.05. The number of hydrogen-bond acceptors (Lipinski definition) is 3. The van der Waals surface area contributed by atoms with Crippen LogP contribution in [0.2, 0.25) is 0 Å². The van der Waals surface area contributed by atoms with E-state index in [1.165, 1.54) is 5.56 Å². The topological polar surface area (TPSA) is 53.6 Å². The third-order valence-corrected chi connectivity index (χ3v) is 5.16. The first-order valence-corrected chi connectivity index (χ1v) is 10.00. The van der Waals surface area contributed by atoms with E-state index in [9.17, 15) is 4.79 Å². The Hall–Kier alpha value is -1.89. The molecule has 0 spiro atoms. The van der Waals surface area contributed by atoms with Crippen LogP contribution in [0.3, 0.4) is 0 Å². The van der Waals surface area contributed by atoms with Crippen molar-refractivity contribution in [1.29, 1.82) is 0 Å². The van der Waals surface area contributed by atoms with Gasteiger partial charge in [0.2, 0.25) is 0 Å². The van der Waals surface area contributed by atoms with Gasteiger partial charge in [-0.3, -0.25) is 4.90 Å². The molecule has 1 saturated heterocycles. The first-order valence-electron chi connectivity index (χ1n) is 9.21. The SMILES string of the molecule is Cc1cc(Br)cc(C)c1NC(=O)NCC1CN(Cc2ccccc2)CCO1. The number of nitrogens with zero attached hydrogens (tertiary/aromatic N) is 1. The number of halogens is 1. The highest BCUT2D eigenvalue weighted by molar-refractivity contribution is 9.10. The van der Waals surface area contributed by atoms with Crippen molar-refractivity contribution in [1.82, 2.24) is 10.2 Å². The zero-order valence-electron chi connectivity index (χ0n) is 15.8. The number of urea groups is 1. The average Bonchev–Trinajstić information content (AvgIpc) is 2.64. The first-order chi connectivity index (χ1) is 13.0. The number of hydrogen-bond donors (Lipinski definition) is 2. The third-order valence-electron chi connectivity index (χ3n) is 4.70. The summed E-state index contributed by atoms with van der Waals surface area (Å²) in [6.07, 6.45) is 0.000300. The van der Waals surface area contributed by atoms with Gasteiger partial charge >= 0.3 is 6.03 Å². The summed E-state index contributed by atoms with van der Waals surface area (Å²) in [5.74, 6) is 0. The van der Waals surface area contributed by atoms with Crippen molar-refractivity contribution in [2.45, 2.75) is 26.5 Å². The number of carbonyl (C=O) groups excluding carboxylic acids is 1. The fourth-order valence-electron chi connectivity index (χ4n) is 3.36. The highest BCUT2D eigenvalue weighted by Gasteiger charge is 2.21. The lowest BCUT2D eigenvalue weighted by Crippen LogP contribution is -2.47. The lowest BCUT2D eigenvalue weighted by Gasteiger charge is -2.33. The molecule has 0 aromatic heterocycles. The zero-order valence-corrected chi connectivity index (χ0v) is 17.4. The van der Waals surface area contributed by atoms with E-state index in [0.717, 1.165) is 40.9 Å². The van der Waals surface area contributed by atoms with E-state index in [2.05, 4.69) is 55.7 Å². The van der Waals surface area contributed by atoms with Crippen molar-refractivity contribution < 1.29 is 9.53 Å². The molecule has 0 radical (unpaired) electrons. The highest BCUT2D eigenvalue weighted by atomic mass is 79.9. The van der Waals surface area contributed by atoms with E-state index < -0.39 is 0 Å². The van der Waals surface area contributed by atoms with Crippen molar-refractivity contribution in [3.05, 3.63) is 63.6 Å². The second-order valence-electron chi connectivity index (χ2n) is 6.96. The average molecular weight is 432 g/mol. The third kappa shape index (κ3) is 5.79. The van der Waals surface area contributed by atoms with E-state index >= 15 is 0 Å². The summed E-state index contributed by atoms with van der Waals surface area (Å²) >= 11 is 3.48. The molecule has 1 aliphatic heterocycles. The van der Waals surface area contributed by atoms with Gasteiger partial charge in [-0.15, -0.1) is 0 Å². The number of benzene rings is 2. The second-order valence-corrected chi connectivity index (χ2v) is 7.88. The molecular weight excluding hydrogens is 406 g/mol. The molecule has 2 aromatic carbocycles. The van der Waals surface area contributed by atoms with Gasteiger partial charge in [0.15, 0.2) is 0 Å². The summed E-state index contributed by atoms with van der Waals surface area (Å²) in [6, 6.07) is 14.2. The van der Waals surface area contributed by atoms with Crippen LogP contribution in [0.15, 0.2) is 46.9 Å². The molecule has 1 fully saturated rings. The largest absolute Gasteiger partial charge is 0.374 e. The number of aryl methyl sites for hydroxylation is 2. The molecule has 0 saturated carbocycles. The van der Waals surface area contributed by atoms with Crippen LogP contribution in [0, 0.1) is 13.8 Å². The van der Waals surface area contributed by atoms with Crippen LogP contribution in [0.4, 0.5) is 10.5 Å². The second kappa shape index (κ2) is 9.35. The normalized spacial score (nSPS) is 17.5. The predicted octanol–water partition coefficient (Wildman–Crippen LogP) is 4.09. The van der Waals surface area contributed by atoms with Crippen LogP contribution < -0.4 is 10.6 Å². The van der Waals surface area contributed by atoms with Crippen LogP contribution >= 0.6 is 15.9 Å². The molecule has 0 bridgehead atoms. The molecule has 2 amide bonds. The molecule has 2 aromatic rings. The van der Waals surface area contributed by atoms with Crippen molar-refractivity contribution in [3.8, 4) is 0 Å². The Morgan fingerprint density at radius 1 is 1.22 bits per heavy atom. The number of amides is 2. The molecule has 6 heteroatoms. The molecular formula is C21H26BrN3O2. The monoisotopic (exact) mass is 431 g/mol. The number of ether oxygens (including phenoxy) is 1. The van der Waals surface area contributed by atoms with Gasteiger partial charge in [-0.1, -0.05) is 46.3 Å². The Morgan fingerprint density at radius 2 is 1.93 bits per heavy atom. The molecule has 1 heterocycles. The quantitative estimate of drug-likeness (QED) is 0.749. The number of anilines is 1. The van der Waals surface area contributed by atoms with Gasteiger partial charge < -0.3 is 15.4 Å². The molecule has 27 heavy (non-hydrogen) atoms. The fraction of sp³-hybridized carbons (Fsp3) is 0.381. The minimum absolute atomic E-state index is 0.000300. The van der Waals surface area contributed by atoms with E-state index in [4.69, 9.17) is 4.74 Å². The molecule has 0 aliphatic carbocycles. The van der Waals surface area contributed by atoms with E-state index in [1.54, 1.807) is 0 Å². The van der Waals surface area contributed by atoms with Crippen molar-refractivity contribution in [3.63, 3.8) is 0 Å². The van der Waals surface area contributed by atoms with Gasteiger partial charge in [-0.2, -0.15) is 0 Å². The van der Waals surface area contributed by atoms with Gasteiger partial charge in [0.1, 0.15) is 0 Å². The van der Waals surface area contributed by atoms with E-state index in [1.807, 2.05) is 32.0 Å². The molecule has 1 aliphatic rings. The molecule has 1 unspecified atom stereocenters. The Morgan fingerprint density at radius 3 is 2.63 bits per heavy atom. The van der Waals surface area contributed by atoms with Gasteiger partial charge in [-0.25, -0.2) is 4.79 Å². The first kappa shape index (κ1) is 19.9. The summed E-state index contributed by atoms with van der Waals surface area (Å²) in [7, 11) is 0. The predicted molar refractivity (Wildman–Crippen MR) is 112 cm³/mol. The maximum Gasteiger partial charge on any atom is 0.319 e. The van der Waals surface area contributed by atoms with Crippen molar-refractivity contribution in [2.24, 2.45) is 0 Å². The maximum absolute atomic E-state index is 12.3. The molecule has 2 N–H and O–H groups in total. The molecule has 3 rings (SSSR count). The summed E-state index contributed by atoms with van der Waals surface area (Å²) in [5, 5.41) is 5.90. The van der Waals surface area contributed by atoms with Gasteiger partial charge in [0.05, 0.1) is 12.7 Å². The number of morpholine rings is 1. The Balaban J connectivity index is 1.48. The number of nitrogens with one attached hydrogen (secondary N) is 2. The minimum Gasteiger partial charge on any atom is -0.374 e. The van der Waals surface area contributed by atoms with Crippen LogP contribution in [-0.4, -0.2) is 43.3 Å². The number of rotatable bonds is 5. The Kier molecular flexibility index (Phi) is 6.88. The lowest BCUT2D eigenvalue weighted by molar-refractivity contribution is -0.0285. The summed E-state index contributed by atoms with van der Waals surface area (Å²) in [5.41, 5.74) is 4.20. The van der Waals surface area contributed by atoms with Crippen LogP contribution in [0.5, 0.6) is 0 Å². The summed E-state index contributed by atoms with van der Waals surface area (Å²) in [4.78, 5) is 14.7. The number of carbonyl (C=O) groups is 1. The van der Waals surface area contributed by atoms with E-state index in [-0.39, 0.29) is 12.1 Å². The van der Waals surface area contributed by atoms with Crippen LogP contribution in [-0.2, 0) is 11.3 Å². The van der Waals surface area contributed by atoms with Crippen LogP contribution in [0.25, 0.3) is 0 Å². The Bertz CT molecular complexity index is 759. The summed E-state index contributed by atoms with van der Waals surface area (Å²) in [6.45, 7) is 7.78. The minimum atomic E-state index is -0.202.